The molecule has 94 valence electrons. The standard InChI is InChI=1S/C13H11BrF2N2/c1-7-4-13(9(14)6-12(7)17)18-8-2-3-10(15)11(16)5-8/h2-6,18H,17H2,1H3. The van der Waals surface area contributed by atoms with Crippen molar-refractivity contribution in [2.24, 2.45) is 0 Å². The van der Waals surface area contributed by atoms with Gasteiger partial charge in [-0.3, -0.25) is 0 Å². The molecule has 2 aromatic rings. The van der Waals surface area contributed by atoms with Gasteiger partial charge in [-0.15, -0.1) is 0 Å². The maximum atomic E-state index is 13.1. The Labute approximate surface area is 112 Å². The minimum atomic E-state index is -0.886. The number of anilines is 3. The Balaban J connectivity index is 2.34. The van der Waals surface area contributed by atoms with Crippen LogP contribution >= 0.6 is 15.9 Å². The van der Waals surface area contributed by atoms with Gasteiger partial charge >= 0.3 is 0 Å². The molecule has 0 saturated heterocycles. The van der Waals surface area contributed by atoms with Gasteiger partial charge in [0, 0.05) is 21.9 Å². The molecule has 0 unspecified atom stereocenters. The molecule has 0 amide bonds. The first kappa shape index (κ1) is 12.8. The third kappa shape index (κ3) is 2.61. The molecule has 0 aliphatic carbocycles. The highest BCUT2D eigenvalue weighted by atomic mass is 79.9. The second-order valence-electron chi connectivity index (χ2n) is 3.94. The van der Waals surface area contributed by atoms with Crippen molar-refractivity contribution in [1.29, 1.82) is 0 Å². The molecule has 3 N–H and O–H groups in total. The summed E-state index contributed by atoms with van der Waals surface area (Å²) < 4.78 is 26.6. The smallest absolute Gasteiger partial charge is 0.160 e. The fraction of sp³-hybridized carbons (Fsp3) is 0.0769. The lowest BCUT2D eigenvalue weighted by Gasteiger charge is -2.11. The molecule has 0 aliphatic heterocycles. The molecule has 0 spiro atoms. The molecule has 2 rings (SSSR count). The van der Waals surface area contributed by atoms with E-state index in [-0.39, 0.29) is 0 Å². The first-order valence-corrected chi connectivity index (χ1v) is 6.04. The minimum Gasteiger partial charge on any atom is -0.398 e. The highest BCUT2D eigenvalue weighted by Gasteiger charge is 2.06. The van der Waals surface area contributed by atoms with Crippen molar-refractivity contribution in [3.63, 3.8) is 0 Å². The van der Waals surface area contributed by atoms with Crippen LogP contribution in [0.15, 0.2) is 34.8 Å². The normalized spacial score (nSPS) is 10.4. The van der Waals surface area contributed by atoms with E-state index < -0.39 is 11.6 Å². The number of rotatable bonds is 2. The summed E-state index contributed by atoms with van der Waals surface area (Å²) in [7, 11) is 0. The Kier molecular flexibility index (Phi) is 3.52. The fourth-order valence-electron chi connectivity index (χ4n) is 1.52. The van der Waals surface area contributed by atoms with E-state index >= 15 is 0 Å². The summed E-state index contributed by atoms with van der Waals surface area (Å²) in [4.78, 5) is 0. The van der Waals surface area contributed by atoms with Crippen LogP contribution in [0.5, 0.6) is 0 Å². The summed E-state index contributed by atoms with van der Waals surface area (Å²) >= 11 is 3.36. The number of aryl methyl sites for hydroxylation is 1. The van der Waals surface area contributed by atoms with Crippen LogP contribution in [0.25, 0.3) is 0 Å². The van der Waals surface area contributed by atoms with Gasteiger partial charge in [0.25, 0.3) is 0 Å². The molecule has 0 heterocycles. The van der Waals surface area contributed by atoms with E-state index in [1.165, 1.54) is 6.07 Å². The third-order valence-corrected chi connectivity index (χ3v) is 3.21. The fourth-order valence-corrected chi connectivity index (χ4v) is 1.98. The first-order valence-electron chi connectivity index (χ1n) is 5.25. The van der Waals surface area contributed by atoms with E-state index in [1.54, 1.807) is 6.07 Å². The van der Waals surface area contributed by atoms with Gasteiger partial charge in [0.1, 0.15) is 0 Å². The Hall–Kier alpha value is -1.62. The number of hydrogen-bond acceptors (Lipinski definition) is 2. The molecule has 0 bridgehead atoms. The first-order chi connectivity index (χ1) is 8.47. The third-order valence-electron chi connectivity index (χ3n) is 2.55. The van der Waals surface area contributed by atoms with Crippen LogP contribution in [0, 0.1) is 18.6 Å². The van der Waals surface area contributed by atoms with Crippen molar-refractivity contribution in [2.75, 3.05) is 11.1 Å². The molecule has 5 heteroatoms. The SMILES string of the molecule is Cc1cc(Nc2ccc(F)c(F)c2)c(Br)cc1N. The quantitative estimate of drug-likeness (QED) is 0.808. The summed E-state index contributed by atoms with van der Waals surface area (Å²) in [5.41, 5.74) is 8.54. The average molecular weight is 313 g/mol. The van der Waals surface area contributed by atoms with Crippen molar-refractivity contribution in [3.8, 4) is 0 Å². The van der Waals surface area contributed by atoms with E-state index in [0.29, 0.717) is 11.4 Å². The second kappa shape index (κ2) is 4.94. The van der Waals surface area contributed by atoms with Gasteiger partial charge in [-0.2, -0.15) is 0 Å². The molecule has 0 atom stereocenters. The van der Waals surface area contributed by atoms with Crippen molar-refractivity contribution in [1.82, 2.24) is 0 Å². The van der Waals surface area contributed by atoms with E-state index in [2.05, 4.69) is 21.2 Å². The van der Waals surface area contributed by atoms with Gasteiger partial charge < -0.3 is 11.1 Å². The van der Waals surface area contributed by atoms with Gasteiger partial charge in [0.05, 0.1) is 5.69 Å². The number of benzene rings is 2. The second-order valence-corrected chi connectivity index (χ2v) is 4.80. The number of hydrogen-bond donors (Lipinski definition) is 2. The maximum Gasteiger partial charge on any atom is 0.160 e. The van der Waals surface area contributed by atoms with Crippen LogP contribution in [0.2, 0.25) is 0 Å². The van der Waals surface area contributed by atoms with Gasteiger partial charge in [0.15, 0.2) is 11.6 Å². The number of nitrogen functional groups attached to an aromatic ring is 1. The zero-order valence-electron chi connectivity index (χ0n) is 9.60. The zero-order chi connectivity index (χ0) is 13.3. The largest absolute Gasteiger partial charge is 0.398 e. The number of nitrogens with two attached hydrogens (primary N) is 1. The molecule has 0 aromatic heterocycles. The summed E-state index contributed by atoms with van der Waals surface area (Å²) in [5.74, 6) is -1.75. The highest BCUT2D eigenvalue weighted by Crippen LogP contribution is 2.30. The highest BCUT2D eigenvalue weighted by molar-refractivity contribution is 9.10. The van der Waals surface area contributed by atoms with E-state index in [9.17, 15) is 8.78 Å². The van der Waals surface area contributed by atoms with Crippen LogP contribution in [0.1, 0.15) is 5.56 Å². The molecule has 0 fully saturated rings. The predicted molar refractivity (Wildman–Crippen MR) is 72.9 cm³/mol. The van der Waals surface area contributed by atoms with Gasteiger partial charge in [-0.25, -0.2) is 8.78 Å². The van der Waals surface area contributed by atoms with Gasteiger partial charge in [-0.05, 0) is 52.7 Å². The summed E-state index contributed by atoms with van der Waals surface area (Å²) in [6.07, 6.45) is 0. The van der Waals surface area contributed by atoms with Crippen molar-refractivity contribution in [3.05, 3.63) is 52.0 Å². The molecule has 0 saturated carbocycles. The molecule has 2 nitrogen and oxygen atoms in total. The molecule has 0 aliphatic rings. The maximum absolute atomic E-state index is 13.1. The van der Waals surface area contributed by atoms with Gasteiger partial charge in [0.2, 0.25) is 0 Å². The summed E-state index contributed by atoms with van der Waals surface area (Å²) in [6, 6.07) is 7.25. The van der Waals surface area contributed by atoms with Crippen LogP contribution in [0.4, 0.5) is 25.8 Å². The number of nitrogens with one attached hydrogen (secondary N) is 1. The Morgan fingerprint density at radius 3 is 2.50 bits per heavy atom. The lowest BCUT2D eigenvalue weighted by molar-refractivity contribution is 0.509. The monoisotopic (exact) mass is 312 g/mol. The average Bonchev–Trinajstić information content (AvgIpc) is 2.31. The topological polar surface area (TPSA) is 38.0 Å². The number of halogens is 3. The predicted octanol–water partition coefficient (Wildman–Crippen LogP) is 4.36. The van der Waals surface area contributed by atoms with E-state index in [1.807, 2.05) is 13.0 Å². The van der Waals surface area contributed by atoms with Crippen molar-refractivity contribution >= 4 is 33.0 Å². The van der Waals surface area contributed by atoms with E-state index in [0.717, 1.165) is 27.9 Å². The Bertz CT molecular complexity index is 600. The molecular weight excluding hydrogens is 302 g/mol. The zero-order valence-corrected chi connectivity index (χ0v) is 11.2. The van der Waals surface area contributed by atoms with E-state index in [4.69, 9.17) is 5.73 Å². The summed E-state index contributed by atoms with van der Waals surface area (Å²) in [5, 5.41) is 3.00. The van der Waals surface area contributed by atoms with Crippen molar-refractivity contribution in [2.45, 2.75) is 6.92 Å². The van der Waals surface area contributed by atoms with Crippen LogP contribution < -0.4 is 11.1 Å². The van der Waals surface area contributed by atoms with Gasteiger partial charge in [-0.1, -0.05) is 0 Å². The molecule has 2 aromatic carbocycles. The Morgan fingerprint density at radius 2 is 1.83 bits per heavy atom. The minimum absolute atomic E-state index is 0.471. The van der Waals surface area contributed by atoms with Crippen molar-refractivity contribution < 1.29 is 8.78 Å². The van der Waals surface area contributed by atoms with Crippen LogP contribution in [0.3, 0.4) is 0 Å². The molecule has 18 heavy (non-hydrogen) atoms. The molecular formula is C13H11BrF2N2. The summed E-state index contributed by atoms with van der Waals surface area (Å²) in [6.45, 7) is 1.87. The van der Waals surface area contributed by atoms with Crippen LogP contribution in [-0.2, 0) is 0 Å². The Morgan fingerprint density at radius 1 is 1.11 bits per heavy atom. The lowest BCUT2D eigenvalue weighted by atomic mass is 10.2. The lowest BCUT2D eigenvalue weighted by Crippen LogP contribution is -1.96. The van der Waals surface area contributed by atoms with Crippen LogP contribution in [-0.4, -0.2) is 0 Å². The molecule has 0 radical (unpaired) electrons.